The lowest BCUT2D eigenvalue weighted by molar-refractivity contribution is 0.573. The van der Waals surface area contributed by atoms with Gasteiger partial charge in [0, 0.05) is 25.5 Å². The summed E-state index contributed by atoms with van der Waals surface area (Å²) in [6.45, 7) is 2.91. The summed E-state index contributed by atoms with van der Waals surface area (Å²) in [6, 6.07) is 1.35. The molecule has 0 aliphatic carbocycles. The van der Waals surface area contributed by atoms with Crippen LogP contribution in [0.5, 0.6) is 0 Å². The van der Waals surface area contributed by atoms with E-state index < -0.39 is 0 Å². The second kappa shape index (κ2) is 3.06. The van der Waals surface area contributed by atoms with E-state index in [1.165, 1.54) is 6.07 Å². The Hall–Kier alpha value is -1.98. The van der Waals surface area contributed by atoms with Crippen LogP contribution >= 0.6 is 0 Å². The number of nitrogens with zero attached hydrogens (tertiary/aromatic N) is 3. The van der Waals surface area contributed by atoms with Crippen molar-refractivity contribution in [2.75, 3.05) is 17.7 Å². The number of hydrogen-bond donors (Lipinski definition) is 2. The second-order valence-electron chi connectivity index (χ2n) is 2.87. The average molecular weight is 191 g/mol. The van der Waals surface area contributed by atoms with E-state index in [9.17, 15) is 4.79 Å². The summed E-state index contributed by atoms with van der Waals surface area (Å²) < 4.78 is 0. The molecule has 0 spiro atoms. The third kappa shape index (κ3) is 1.54. The minimum absolute atomic E-state index is 0.0947. The van der Waals surface area contributed by atoms with E-state index in [0.717, 1.165) is 0 Å². The predicted molar refractivity (Wildman–Crippen MR) is 51.9 cm³/mol. The van der Waals surface area contributed by atoms with Gasteiger partial charge < -0.3 is 10.6 Å². The molecule has 0 aromatic carbocycles. The maximum Gasteiger partial charge on any atom is 0.254 e. The van der Waals surface area contributed by atoms with Crippen LogP contribution in [-0.2, 0) is 0 Å². The molecule has 72 valence electrons. The van der Waals surface area contributed by atoms with Gasteiger partial charge in [0.1, 0.15) is 5.82 Å². The quantitative estimate of drug-likeness (QED) is 0.629. The summed E-state index contributed by atoms with van der Waals surface area (Å²) in [5, 5.41) is 0. The van der Waals surface area contributed by atoms with Crippen molar-refractivity contribution in [1.82, 2.24) is 14.9 Å². The SMILES string of the molecule is CN1[C]N(c2cc(=O)[nH]c(N)n2)C=C1. The van der Waals surface area contributed by atoms with Crippen LogP contribution in [0.2, 0.25) is 0 Å². The fourth-order valence-electron chi connectivity index (χ4n) is 1.12. The first-order valence-corrected chi connectivity index (χ1v) is 3.99. The minimum atomic E-state index is -0.280. The largest absolute Gasteiger partial charge is 0.369 e. The van der Waals surface area contributed by atoms with Gasteiger partial charge in [0.15, 0.2) is 0 Å². The number of rotatable bonds is 1. The van der Waals surface area contributed by atoms with Crippen molar-refractivity contribution in [3.63, 3.8) is 0 Å². The zero-order chi connectivity index (χ0) is 10.1. The normalized spacial score (nSPS) is 15.2. The standard InChI is InChI=1S/C8H9N5O/c1-12-2-3-13(5-12)6-4-7(14)11-8(9)10-6/h2-4H,1H3,(H3,9,10,11,14). The van der Waals surface area contributed by atoms with Crippen LogP contribution < -0.4 is 16.2 Å². The van der Waals surface area contributed by atoms with Gasteiger partial charge in [0.05, 0.1) is 0 Å². The molecule has 6 nitrogen and oxygen atoms in total. The van der Waals surface area contributed by atoms with Gasteiger partial charge in [0.25, 0.3) is 5.56 Å². The Bertz CT molecular complexity index is 424. The summed E-state index contributed by atoms with van der Waals surface area (Å²) in [4.78, 5) is 20.7. The van der Waals surface area contributed by atoms with E-state index in [1.54, 1.807) is 22.2 Å². The smallest absolute Gasteiger partial charge is 0.254 e. The number of nitrogens with two attached hydrogens (primary N) is 1. The maximum absolute atomic E-state index is 11.1. The van der Waals surface area contributed by atoms with Gasteiger partial charge >= 0.3 is 0 Å². The molecule has 0 saturated heterocycles. The number of aromatic amines is 1. The molecule has 3 N–H and O–H groups in total. The second-order valence-corrected chi connectivity index (χ2v) is 2.87. The van der Waals surface area contributed by atoms with Crippen LogP contribution in [0.4, 0.5) is 11.8 Å². The Balaban J connectivity index is 2.33. The number of aromatic nitrogens is 2. The molecule has 1 aromatic rings. The fourth-order valence-corrected chi connectivity index (χ4v) is 1.12. The molecule has 0 fully saturated rings. The Morgan fingerprint density at radius 1 is 1.57 bits per heavy atom. The minimum Gasteiger partial charge on any atom is -0.369 e. The van der Waals surface area contributed by atoms with Gasteiger partial charge in [0.2, 0.25) is 12.6 Å². The molecule has 14 heavy (non-hydrogen) atoms. The van der Waals surface area contributed by atoms with Crippen molar-refractivity contribution < 1.29 is 0 Å². The van der Waals surface area contributed by atoms with Crippen molar-refractivity contribution in [3.8, 4) is 0 Å². The molecule has 0 bridgehead atoms. The summed E-state index contributed by atoms with van der Waals surface area (Å²) in [6.07, 6.45) is 3.53. The molecule has 1 aliphatic rings. The van der Waals surface area contributed by atoms with Crippen LogP contribution in [-0.4, -0.2) is 21.9 Å². The molecular formula is C8H9N5O. The van der Waals surface area contributed by atoms with Crippen molar-refractivity contribution in [1.29, 1.82) is 0 Å². The van der Waals surface area contributed by atoms with E-state index in [2.05, 4.69) is 16.6 Å². The van der Waals surface area contributed by atoms with Crippen molar-refractivity contribution in [2.24, 2.45) is 0 Å². The molecule has 0 amide bonds. The van der Waals surface area contributed by atoms with Gasteiger partial charge in [-0.05, 0) is 0 Å². The number of nitrogen functional groups attached to an aromatic ring is 1. The topological polar surface area (TPSA) is 78.2 Å². The zero-order valence-corrected chi connectivity index (χ0v) is 7.56. The third-order valence-corrected chi connectivity index (χ3v) is 1.70. The van der Waals surface area contributed by atoms with Crippen molar-refractivity contribution in [2.45, 2.75) is 0 Å². The van der Waals surface area contributed by atoms with Crippen LogP contribution in [0.3, 0.4) is 0 Å². The lowest BCUT2D eigenvalue weighted by atomic mass is 10.5. The Labute approximate surface area is 80.7 Å². The number of hydrogen-bond acceptors (Lipinski definition) is 5. The number of H-pyrrole nitrogens is 1. The Morgan fingerprint density at radius 3 is 2.93 bits per heavy atom. The third-order valence-electron chi connectivity index (χ3n) is 1.70. The van der Waals surface area contributed by atoms with Crippen LogP contribution in [0, 0.1) is 6.67 Å². The lowest BCUT2D eigenvalue weighted by Gasteiger charge is -2.14. The monoisotopic (exact) mass is 191 g/mol. The lowest BCUT2D eigenvalue weighted by Crippen LogP contribution is -2.20. The van der Waals surface area contributed by atoms with Gasteiger partial charge in [-0.1, -0.05) is 0 Å². The summed E-state index contributed by atoms with van der Waals surface area (Å²) in [7, 11) is 1.83. The highest BCUT2D eigenvalue weighted by molar-refractivity contribution is 5.47. The molecule has 0 unspecified atom stereocenters. The van der Waals surface area contributed by atoms with Crippen LogP contribution in [0.1, 0.15) is 0 Å². The fraction of sp³-hybridized carbons (Fsp3) is 0.125. The van der Waals surface area contributed by atoms with Gasteiger partial charge in [-0.3, -0.25) is 14.7 Å². The highest BCUT2D eigenvalue weighted by atomic mass is 16.1. The summed E-state index contributed by atoms with van der Waals surface area (Å²) in [5.41, 5.74) is 5.12. The van der Waals surface area contributed by atoms with Gasteiger partial charge in [-0.15, -0.1) is 0 Å². The Morgan fingerprint density at radius 2 is 2.36 bits per heavy atom. The highest BCUT2D eigenvalue weighted by Gasteiger charge is 2.14. The molecule has 2 rings (SSSR count). The Kier molecular flexibility index (Phi) is 1.88. The first-order chi connectivity index (χ1) is 6.65. The van der Waals surface area contributed by atoms with E-state index >= 15 is 0 Å². The first kappa shape index (κ1) is 8.61. The first-order valence-electron chi connectivity index (χ1n) is 3.99. The van der Waals surface area contributed by atoms with Gasteiger partial charge in [-0.25, -0.2) is 0 Å². The van der Waals surface area contributed by atoms with Crippen molar-refractivity contribution >= 4 is 11.8 Å². The molecule has 2 radical (unpaired) electrons. The molecule has 0 atom stereocenters. The van der Waals surface area contributed by atoms with Gasteiger partial charge in [-0.2, -0.15) is 4.98 Å². The summed E-state index contributed by atoms with van der Waals surface area (Å²) >= 11 is 0. The van der Waals surface area contributed by atoms with E-state index in [-0.39, 0.29) is 11.5 Å². The van der Waals surface area contributed by atoms with E-state index in [4.69, 9.17) is 5.73 Å². The highest BCUT2D eigenvalue weighted by Crippen LogP contribution is 2.16. The molecule has 0 saturated carbocycles. The van der Waals surface area contributed by atoms with E-state index in [0.29, 0.717) is 5.82 Å². The van der Waals surface area contributed by atoms with Crippen LogP contribution in [0.15, 0.2) is 23.3 Å². The predicted octanol–water partition coefficient (Wildman–Crippen LogP) is -0.429. The molecule has 2 heterocycles. The molecule has 1 aromatic heterocycles. The van der Waals surface area contributed by atoms with Crippen LogP contribution in [0.25, 0.3) is 0 Å². The molecular weight excluding hydrogens is 182 g/mol. The molecule has 1 aliphatic heterocycles. The number of nitrogens with one attached hydrogen (secondary N) is 1. The maximum atomic E-state index is 11.1. The summed E-state index contributed by atoms with van der Waals surface area (Å²) in [5.74, 6) is 0.545. The average Bonchev–Trinajstić information content (AvgIpc) is 2.50. The zero-order valence-electron chi connectivity index (χ0n) is 7.56. The van der Waals surface area contributed by atoms with Crippen molar-refractivity contribution in [3.05, 3.63) is 35.5 Å². The molecule has 6 heteroatoms. The van der Waals surface area contributed by atoms with E-state index in [1.807, 2.05) is 7.05 Å². The number of anilines is 2.